The first-order valence-electron chi connectivity index (χ1n) is 13.2. The summed E-state index contributed by atoms with van der Waals surface area (Å²) in [5.74, 6) is 1.52. The summed E-state index contributed by atoms with van der Waals surface area (Å²) in [6.45, 7) is 6.16. The van der Waals surface area contributed by atoms with Crippen molar-refractivity contribution >= 4 is 17.6 Å². The van der Waals surface area contributed by atoms with Gasteiger partial charge in [0, 0.05) is 18.5 Å². The molecule has 4 rings (SSSR count). The summed E-state index contributed by atoms with van der Waals surface area (Å²) >= 11 is 0. The summed E-state index contributed by atoms with van der Waals surface area (Å²) in [5, 5.41) is 6.40. The molecule has 0 aliphatic carbocycles. The number of nitrogens with zero attached hydrogens (tertiary/aromatic N) is 3. The highest BCUT2D eigenvalue weighted by molar-refractivity contribution is 6.03. The number of likely N-dealkylation sites (tertiary alicyclic amines) is 1. The molecule has 9 heteroatoms. The van der Waals surface area contributed by atoms with Crippen LogP contribution < -0.4 is 14.2 Å². The minimum atomic E-state index is -0.257. The minimum Gasteiger partial charge on any atom is -0.494 e. The van der Waals surface area contributed by atoms with Gasteiger partial charge in [-0.25, -0.2) is 5.01 Å². The molecule has 2 aromatic rings. The fourth-order valence-corrected chi connectivity index (χ4v) is 5.06. The van der Waals surface area contributed by atoms with E-state index in [-0.39, 0.29) is 30.4 Å². The van der Waals surface area contributed by atoms with Crippen LogP contribution in [0.4, 0.5) is 0 Å². The van der Waals surface area contributed by atoms with E-state index in [0.29, 0.717) is 37.7 Å². The molecule has 0 N–H and O–H groups in total. The number of piperidine rings is 1. The SMILES string of the molecule is CCOC(=O)C1CCCN(CC(=O)N2N=C(c3ccc(OC)c(OC)c3)CC2c2ccc(OCC)cc2)C1. The van der Waals surface area contributed by atoms with Gasteiger partial charge in [0.2, 0.25) is 0 Å². The Balaban J connectivity index is 1.57. The summed E-state index contributed by atoms with van der Waals surface area (Å²) in [6.07, 6.45) is 2.18. The molecule has 1 amide bonds. The molecule has 204 valence electrons. The van der Waals surface area contributed by atoms with E-state index in [2.05, 4.69) is 0 Å². The third-order valence-corrected chi connectivity index (χ3v) is 6.94. The molecule has 2 unspecified atom stereocenters. The Bertz CT molecular complexity index is 1150. The van der Waals surface area contributed by atoms with Crippen molar-refractivity contribution in [3.8, 4) is 17.2 Å². The van der Waals surface area contributed by atoms with Gasteiger partial charge in [-0.1, -0.05) is 12.1 Å². The predicted octanol–water partition coefficient (Wildman–Crippen LogP) is 4.06. The van der Waals surface area contributed by atoms with Gasteiger partial charge < -0.3 is 18.9 Å². The summed E-state index contributed by atoms with van der Waals surface area (Å²) in [5.41, 5.74) is 2.64. The molecule has 0 spiro atoms. The van der Waals surface area contributed by atoms with E-state index in [0.717, 1.165) is 42.0 Å². The Kier molecular flexibility index (Phi) is 9.23. The van der Waals surface area contributed by atoms with Crippen LogP contribution in [0.2, 0.25) is 0 Å². The summed E-state index contributed by atoms with van der Waals surface area (Å²) in [7, 11) is 3.19. The second-order valence-electron chi connectivity index (χ2n) is 9.40. The maximum absolute atomic E-state index is 13.7. The van der Waals surface area contributed by atoms with Crippen molar-refractivity contribution in [3.05, 3.63) is 53.6 Å². The van der Waals surface area contributed by atoms with Crippen LogP contribution in [0.15, 0.2) is 47.6 Å². The van der Waals surface area contributed by atoms with Crippen LogP contribution >= 0.6 is 0 Å². The van der Waals surface area contributed by atoms with Crippen molar-refractivity contribution in [2.24, 2.45) is 11.0 Å². The first-order valence-corrected chi connectivity index (χ1v) is 13.2. The van der Waals surface area contributed by atoms with E-state index in [9.17, 15) is 9.59 Å². The maximum atomic E-state index is 13.7. The number of ether oxygens (including phenoxy) is 4. The molecule has 0 radical (unpaired) electrons. The van der Waals surface area contributed by atoms with Crippen LogP contribution in [0.1, 0.15) is 50.3 Å². The summed E-state index contributed by atoms with van der Waals surface area (Å²) in [6, 6.07) is 13.2. The van der Waals surface area contributed by atoms with Gasteiger partial charge in [-0.05, 0) is 69.1 Å². The Morgan fingerprint density at radius 2 is 1.76 bits per heavy atom. The lowest BCUT2D eigenvalue weighted by molar-refractivity contribution is -0.150. The average Bonchev–Trinajstić information content (AvgIpc) is 3.39. The van der Waals surface area contributed by atoms with Gasteiger partial charge in [0.15, 0.2) is 11.5 Å². The molecule has 2 aliphatic heterocycles. The van der Waals surface area contributed by atoms with Gasteiger partial charge in [-0.15, -0.1) is 0 Å². The smallest absolute Gasteiger partial charge is 0.310 e. The monoisotopic (exact) mass is 523 g/mol. The highest BCUT2D eigenvalue weighted by Crippen LogP contribution is 2.36. The number of carbonyl (C=O) groups is 2. The van der Waals surface area contributed by atoms with Gasteiger partial charge >= 0.3 is 5.97 Å². The first-order chi connectivity index (χ1) is 18.5. The lowest BCUT2D eigenvalue weighted by Crippen LogP contribution is -2.44. The van der Waals surface area contributed by atoms with E-state index >= 15 is 0 Å². The fourth-order valence-electron chi connectivity index (χ4n) is 5.06. The first kappa shape index (κ1) is 27.4. The standard InChI is InChI=1S/C29H37N3O6/c1-5-37-23-12-9-20(10-13-23)25-17-24(21-11-14-26(35-3)27(16-21)36-4)30-32(25)28(33)19-31-15-7-8-22(18-31)29(34)38-6-2/h9-14,16,22,25H,5-8,15,17-19H2,1-4H3. The third-order valence-electron chi connectivity index (χ3n) is 6.94. The zero-order chi connectivity index (χ0) is 27.1. The molecule has 0 bridgehead atoms. The van der Waals surface area contributed by atoms with Gasteiger partial charge in [-0.3, -0.25) is 14.5 Å². The summed E-state index contributed by atoms with van der Waals surface area (Å²) in [4.78, 5) is 28.0. The predicted molar refractivity (Wildman–Crippen MR) is 144 cm³/mol. The van der Waals surface area contributed by atoms with Crippen molar-refractivity contribution in [2.75, 3.05) is 47.1 Å². The molecular formula is C29H37N3O6. The van der Waals surface area contributed by atoms with Gasteiger partial charge in [0.1, 0.15) is 5.75 Å². The number of hydrogen-bond acceptors (Lipinski definition) is 8. The van der Waals surface area contributed by atoms with Crippen molar-refractivity contribution in [1.29, 1.82) is 0 Å². The van der Waals surface area contributed by atoms with Crippen molar-refractivity contribution < 1.29 is 28.5 Å². The minimum absolute atomic E-state index is 0.108. The van der Waals surface area contributed by atoms with Crippen LogP contribution in [0.25, 0.3) is 0 Å². The Labute approximate surface area is 224 Å². The average molecular weight is 524 g/mol. The van der Waals surface area contributed by atoms with Gasteiger partial charge in [0.05, 0.1) is 51.6 Å². The van der Waals surface area contributed by atoms with E-state index in [1.807, 2.05) is 61.2 Å². The van der Waals surface area contributed by atoms with Crippen LogP contribution in [0, 0.1) is 5.92 Å². The molecule has 1 fully saturated rings. The lowest BCUT2D eigenvalue weighted by Gasteiger charge is -2.32. The highest BCUT2D eigenvalue weighted by atomic mass is 16.5. The number of hydrazone groups is 1. The molecule has 0 saturated carbocycles. The largest absolute Gasteiger partial charge is 0.494 e. The van der Waals surface area contributed by atoms with E-state index in [1.165, 1.54) is 0 Å². The van der Waals surface area contributed by atoms with Crippen LogP contribution in [-0.4, -0.2) is 74.6 Å². The Morgan fingerprint density at radius 3 is 2.45 bits per heavy atom. The van der Waals surface area contributed by atoms with Crippen molar-refractivity contribution in [3.63, 3.8) is 0 Å². The Hall–Kier alpha value is -3.59. The number of rotatable bonds is 10. The molecule has 2 heterocycles. The molecule has 2 aromatic carbocycles. The quantitative estimate of drug-likeness (QED) is 0.434. The molecular weight excluding hydrogens is 486 g/mol. The van der Waals surface area contributed by atoms with Gasteiger partial charge in [-0.2, -0.15) is 5.10 Å². The maximum Gasteiger partial charge on any atom is 0.310 e. The third kappa shape index (κ3) is 6.27. The number of esters is 1. The van der Waals surface area contributed by atoms with E-state index < -0.39 is 0 Å². The highest BCUT2D eigenvalue weighted by Gasteiger charge is 2.35. The number of benzene rings is 2. The van der Waals surface area contributed by atoms with E-state index in [1.54, 1.807) is 19.2 Å². The van der Waals surface area contributed by atoms with Crippen LogP contribution in [0.5, 0.6) is 17.2 Å². The summed E-state index contributed by atoms with van der Waals surface area (Å²) < 4.78 is 21.7. The lowest BCUT2D eigenvalue weighted by atomic mass is 9.97. The number of amides is 1. The van der Waals surface area contributed by atoms with Crippen molar-refractivity contribution in [1.82, 2.24) is 9.91 Å². The molecule has 0 aromatic heterocycles. The zero-order valence-corrected chi connectivity index (χ0v) is 22.6. The second kappa shape index (κ2) is 12.8. The normalized spacial score (nSPS) is 19.6. The number of carbonyl (C=O) groups excluding carboxylic acids is 2. The van der Waals surface area contributed by atoms with E-state index in [4.69, 9.17) is 24.0 Å². The topological polar surface area (TPSA) is 89.9 Å². The molecule has 2 aliphatic rings. The fraction of sp³-hybridized carbons (Fsp3) is 0.483. The molecule has 9 nitrogen and oxygen atoms in total. The van der Waals surface area contributed by atoms with Crippen LogP contribution in [-0.2, 0) is 14.3 Å². The van der Waals surface area contributed by atoms with Gasteiger partial charge in [0.25, 0.3) is 5.91 Å². The van der Waals surface area contributed by atoms with Crippen LogP contribution in [0.3, 0.4) is 0 Å². The molecule has 38 heavy (non-hydrogen) atoms. The molecule has 2 atom stereocenters. The molecule has 1 saturated heterocycles. The van der Waals surface area contributed by atoms with Crippen molar-refractivity contribution in [2.45, 2.75) is 39.2 Å². The number of hydrogen-bond donors (Lipinski definition) is 0. The zero-order valence-electron chi connectivity index (χ0n) is 22.6. The number of methoxy groups -OCH3 is 2. The Morgan fingerprint density at radius 1 is 1.00 bits per heavy atom. The second-order valence-corrected chi connectivity index (χ2v) is 9.40.